The highest BCUT2D eigenvalue weighted by Crippen LogP contribution is 2.22. The molecule has 7 heteroatoms. The van der Waals surface area contributed by atoms with E-state index in [9.17, 15) is 0 Å². The molecule has 1 fully saturated rings. The summed E-state index contributed by atoms with van der Waals surface area (Å²) < 4.78 is 10.5. The van der Waals surface area contributed by atoms with Crippen molar-refractivity contribution in [2.24, 2.45) is 0 Å². The Kier molecular flexibility index (Phi) is 4.26. The first-order valence-electron chi connectivity index (χ1n) is 6.83. The summed E-state index contributed by atoms with van der Waals surface area (Å²) in [5, 5.41) is 8.78. The van der Waals surface area contributed by atoms with Crippen molar-refractivity contribution in [2.75, 3.05) is 43.1 Å². The molecule has 0 unspecified atom stereocenters. The first-order chi connectivity index (χ1) is 10.3. The summed E-state index contributed by atoms with van der Waals surface area (Å²) in [6, 6.07) is 8.48. The summed E-state index contributed by atoms with van der Waals surface area (Å²) in [6.07, 6.45) is 0. The second kappa shape index (κ2) is 6.32. The molecule has 6 nitrogen and oxygen atoms in total. The van der Waals surface area contributed by atoms with Crippen LogP contribution in [0.15, 0.2) is 28.7 Å². The summed E-state index contributed by atoms with van der Waals surface area (Å²) in [7, 11) is 1.60. The zero-order chi connectivity index (χ0) is 14.7. The minimum absolute atomic E-state index is 0.343. The van der Waals surface area contributed by atoms with Crippen LogP contribution in [0.4, 0.5) is 11.7 Å². The summed E-state index contributed by atoms with van der Waals surface area (Å²) >= 11 is 6.04. The fourth-order valence-corrected chi connectivity index (χ4v) is 2.57. The van der Waals surface area contributed by atoms with Crippen LogP contribution in [0.1, 0.15) is 5.89 Å². The normalized spacial score (nSPS) is 15.5. The van der Waals surface area contributed by atoms with E-state index in [-0.39, 0.29) is 0 Å². The fraction of sp³-hybridized carbons (Fsp3) is 0.429. The first kappa shape index (κ1) is 14.2. The monoisotopic (exact) mass is 308 g/mol. The van der Waals surface area contributed by atoms with E-state index in [0.717, 1.165) is 36.9 Å². The van der Waals surface area contributed by atoms with Crippen molar-refractivity contribution < 1.29 is 9.15 Å². The Balaban J connectivity index is 1.61. The van der Waals surface area contributed by atoms with Gasteiger partial charge in [-0.25, -0.2) is 0 Å². The molecule has 112 valence electrons. The molecule has 0 aliphatic carbocycles. The van der Waals surface area contributed by atoms with E-state index < -0.39 is 0 Å². The van der Waals surface area contributed by atoms with Crippen molar-refractivity contribution in [3.05, 3.63) is 35.2 Å². The third-order valence-corrected chi connectivity index (χ3v) is 3.68. The van der Waals surface area contributed by atoms with Crippen molar-refractivity contribution >= 4 is 23.3 Å². The van der Waals surface area contributed by atoms with Gasteiger partial charge in [0.05, 0.1) is 0 Å². The number of aromatic nitrogens is 2. The highest BCUT2D eigenvalue weighted by Gasteiger charge is 2.21. The van der Waals surface area contributed by atoms with Gasteiger partial charge in [0, 0.05) is 44.0 Å². The lowest BCUT2D eigenvalue weighted by Crippen LogP contribution is -2.46. The van der Waals surface area contributed by atoms with Crippen LogP contribution in [0.25, 0.3) is 0 Å². The molecule has 0 saturated carbocycles. The lowest BCUT2D eigenvalue weighted by atomic mass is 10.2. The maximum Gasteiger partial charge on any atom is 0.318 e. The number of ether oxygens (including phenoxy) is 1. The summed E-state index contributed by atoms with van der Waals surface area (Å²) in [5.41, 5.74) is 1.15. The molecule has 2 heterocycles. The predicted molar refractivity (Wildman–Crippen MR) is 80.9 cm³/mol. The lowest BCUT2D eigenvalue weighted by Gasteiger charge is -2.35. The van der Waals surface area contributed by atoms with Gasteiger partial charge >= 0.3 is 6.01 Å². The van der Waals surface area contributed by atoms with Crippen molar-refractivity contribution in [1.29, 1.82) is 0 Å². The van der Waals surface area contributed by atoms with Gasteiger partial charge < -0.3 is 19.0 Å². The molecule has 0 atom stereocenters. The number of rotatable bonds is 4. The smallest absolute Gasteiger partial charge is 0.318 e. The maximum absolute atomic E-state index is 6.04. The molecule has 3 rings (SSSR count). The van der Waals surface area contributed by atoms with Crippen molar-refractivity contribution in [2.45, 2.75) is 6.61 Å². The van der Waals surface area contributed by atoms with E-state index in [2.05, 4.69) is 26.1 Å². The highest BCUT2D eigenvalue weighted by molar-refractivity contribution is 6.30. The molecule has 1 aromatic carbocycles. The molecular formula is C14H17ClN4O2. The van der Waals surface area contributed by atoms with E-state index >= 15 is 0 Å². The number of halogens is 1. The van der Waals surface area contributed by atoms with Crippen LogP contribution in [0.3, 0.4) is 0 Å². The molecule has 2 aromatic rings. The molecule has 0 amide bonds. The molecule has 1 aromatic heterocycles. The zero-order valence-electron chi connectivity index (χ0n) is 11.8. The molecule has 1 aliphatic heterocycles. The highest BCUT2D eigenvalue weighted by atomic mass is 35.5. The van der Waals surface area contributed by atoms with Gasteiger partial charge in [0.15, 0.2) is 0 Å². The number of hydrogen-bond donors (Lipinski definition) is 0. The largest absolute Gasteiger partial charge is 0.405 e. The molecule has 0 N–H and O–H groups in total. The van der Waals surface area contributed by atoms with E-state index in [1.165, 1.54) is 0 Å². The third-order valence-electron chi connectivity index (χ3n) is 3.45. The second-order valence-corrected chi connectivity index (χ2v) is 5.30. The molecule has 21 heavy (non-hydrogen) atoms. The second-order valence-electron chi connectivity index (χ2n) is 4.87. The van der Waals surface area contributed by atoms with Gasteiger partial charge in [0.1, 0.15) is 6.61 Å². The van der Waals surface area contributed by atoms with Crippen molar-refractivity contribution in [3.63, 3.8) is 0 Å². The predicted octanol–water partition coefficient (Wildman–Crippen LogP) is 2.20. The zero-order valence-corrected chi connectivity index (χ0v) is 12.6. The first-order valence-corrected chi connectivity index (χ1v) is 7.21. The van der Waals surface area contributed by atoms with Gasteiger partial charge in [-0.2, -0.15) is 0 Å². The SMILES string of the molecule is COCc1nnc(N2CCN(c3cccc(Cl)c3)CC2)o1. The molecule has 0 spiro atoms. The Morgan fingerprint density at radius 1 is 1.19 bits per heavy atom. The lowest BCUT2D eigenvalue weighted by molar-refractivity contribution is 0.160. The van der Waals surface area contributed by atoms with Crippen LogP contribution >= 0.6 is 11.6 Å². The quantitative estimate of drug-likeness (QED) is 0.863. The number of hydrogen-bond acceptors (Lipinski definition) is 6. The van der Waals surface area contributed by atoms with Crippen LogP contribution in [0.2, 0.25) is 5.02 Å². The van der Waals surface area contributed by atoms with Gasteiger partial charge in [-0.15, -0.1) is 5.10 Å². The van der Waals surface area contributed by atoms with Crippen LogP contribution in [0, 0.1) is 0 Å². The van der Waals surface area contributed by atoms with E-state index in [0.29, 0.717) is 18.5 Å². The summed E-state index contributed by atoms with van der Waals surface area (Å²) in [5.74, 6) is 0.504. The topological polar surface area (TPSA) is 54.6 Å². The molecule has 0 bridgehead atoms. The Morgan fingerprint density at radius 3 is 2.67 bits per heavy atom. The van der Waals surface area contributed by atoms with Crippen molar-refractivity contribution in [1.82, 2.24) is 10.2 Å². The van der Waals surface area contributed by atoms with E-state index in [1.807, 2.05) is 18.2 Å². The van der Waals surface area contributed by atoms with Gasteiger partial charge in [-0.05, 0) is 18.2 Å². The Bertz CT molecular complexity index is 596. The summed E-state index contributed by atoms with van der Waals surface area (Å²) in [4.78, 5) is 4.39. The van der Waals surface area contributed by atoms with Gasteiger partial charge in [-0.3, -0.25) is 0 Å². The average Bonchev–Trinajstić information content (AvgIpc) is 2.97. The molecule has 0 radical (unpaired) electrons. The van der Waals surface area contributed by atoms with Gasteiger partial charge in [0.2, 0.25) is 5.89 Å². The van der Waals surface area contributed by atoms with Crippen LogP contribution < -0.4 is 9.80 Å². The molecule has 1 saturated heterocycles. The minimum atomic E-state index is 0.343. The van der Waals surface area contributed by atoms with Crippen molar-refractivity contribution in [3.8, 4) is 0 Å². The summed E-state index contributed by atoms with van der Waals surface area (Å²) in [6.45, 7) is 3.79. The number of benzene rings is 1. The van der Waals surface area contributed by atoms with Crippen LogP contribution in [-0.4, -0.2) is 43.5 Å². The van der Waals surface area contributed by atoms with E-state index in [1.54, 1.807) is 7.11 Å². The van der Waals surface area contributed by atoms with Gasteiger partial charge in [0.25, 0.3) is 0 Å². The van der Waals surface area contributed by atoms with Crippen LogP contribution in [-0.2, 0) is 11.3 Å². The number of methoxy groups -OCH3 is 1. The average molecular weight is 309 g/mol. The Labute approximate surface area is 128 Å². The third kappa shape index (κ3) is 3.28. The Hall–Kier alpha value is -1.79. The Morgan fingerprint density at radius 2 is 1.95 bits per heavy atom. The van der Waals surface area contributed by atoms with E-state index in [4.69, 9.17) is 20.8 Å². The minimum Gasteiger partial charge on any atom is -0.405 e. The standard InChI is InChI=1S/C14H17ClN4O2/c1-20-10-13-16-17-14(21-13)19-7-5-18(6-8-19)12-4-2-3-11(15)9-12/h2-4,9H,5-8,10H2,1H3. The van der Waals surface area contributed by atoms with Gasteiger partial charge in [-0.1, -0.05) is 22.8 Å². The fourth-order valence-electron chi connectivity index (χ4n) is 2.38. The number of nitrogens with zero attached hydrogens (tertiary/aromatic N) is 4. The van der Waals surface area contributed by atoms with Crippen LogP contribution in [0.5, 0.6) is 0 Å². The molecular weight excluding hydrogens is 292 g/mol. The number of piperazine rings is 1. The maximum atomic E-state index is 6.04. The molecule has 1 aliphatic rings. The number of anilines is 2.